The summed E-state index contributed by atoms with van der Waals surface area (Å²) in [6.45, 7) is 0.555. The molecule has 3 rings (SSSR count). The van der Waals surface area contributed by atoms with Crippen LogP contribution in [0.5, 0.6) is 5.75 Å². The number of hydrogen-bond donors (Lipinski definition) is 2. The Labute approximate surface area is 127 Å². The fourth-order valence-corrected chi connectivity index (χ4v) is 2.64. The molecule has 0 spiro atoms. The van der Waals surface area contributed by atoms with Crippen molar-refractivity contribution in [2.45, 2.75) is 18.9 Å². The lowest BCUT2D eigenvalue weighted by molar-refractivity contribution is -0.119. The van der Waals surface area contributed by atoms with E-state index in [2.05, 4.69) is 5.32 Å². The number of anilines is 1. The maximum Gasteiger partial charge on any atom is 0.227 e. The summed E-state index contributed by atoms with van der Waals surface area (Å²) >= 11 is 0. The second-order valence-electron chi connectivity index (χ2n) is 5.19. The SMILES string of the molecule is O=C(C[C@H]1OCCc2ccccc21)Nc1c(O)cccc1F. The van der Waals surface area contributed by atoms with E-state index in [0.717, 1.165) is 12.0 Å². The van der Waals surface area contributed by atoms with Crippen LogP contribution in [-0.4, -0.2) is 17.6 Å². The molecule has 0 radical (unpaired) electrons. The third-order valence-corrected chi connectivity index (χ3v) is 3.72. The van der Waals surface area contributed by atoms with Gasteiger partial charge in [-0.25, -0.2) is 4.39 Å². The summed E-state index contributed by atoms with van der Waals surface area (Å²) < 4.78 is 19.3. The molecule has 22 heavy (non-hydrogen) atoms. The number of amides is 1. The zero-order valence-electron chi connectivity index (χ0n) is 11.9. The first-order chi connectivity index (χ1) is 10.6. The Balaban J connectivity index is 1.73. The Kier molecular flexibility index (Phi) is 4.06. The van der Waals surface area contributed by atoms with Gasteiger partial charge in [0.15, 0.2) is 5.82 Å². The number of carbonyl (C=O) groups excluding carboxylic acids is 1. The molecule has 1 amide bonds. The average molecular weight is 301 g/mol. The zero-order chi connectivity index (χ0) is 15.5. The smallest absolute Gasteiger partial charge is 0.227 e. The van der Waals surface area contributed by atoms with E-state index in [1.165, 1.54) is 23.8 Å². The highest BCUT2D eigenvalue weighted by Gasteiger charge is 2.23. The maximum absolute atomic E-state index is 13.6. The molecule has 1 atom stereocenters. The third-order valence-electron chi connectivity index (χ3n) is 3.72. The molecule has 2 N–H and O–H groups in total. The fourth-order valence-electron chi connectivity index (χ4n) is 2.64. The van der Waals surface area contributed by atoms with Gasteiger partial charge in [-0.15, -0.1) is 0 Å². The lowest BCUT2D eigenvalue weighted by Crippen LogP contribution is -2.22. The Hall–Kier alpha value is -2.40. The van der Waals surface area contributed by atoms with Crippen LogP contribution < -0.4 is 5.32 Å². The van der Waals surface area contributed by atoms with Crippen LogP contribution in [0.3, 0.4) is 0 Å². The Morgan fingerprint density at radius 2 is 2.09 bits per heavy atom. The van der Waals surface area contributed by atoms with Crippen LogP contribution in [-0.2, 0) is 16.0 Å². The van der Waals surface area contributed by atoms with Crippen LogP contribution in [0.2, 0.25) is 0 Å². The predicted octanol–water partition coefficient (Wildman–Crippen LogP) is 3.17. The number of aromatic hydroxyl groups is 1. The molecule has 5 heteroatoms. The van der Waals surface area contributed by atoms with Gasteiger partial charge in [-0.2, -0.15) is 0 Å². The number of hydrogen-bond acceptors (Lipinski definition) is 3. The van der Waals surface area contributed by atoms with Crippen LogP contribution in [0.4, 0.5) is 10.1 Å². The molecule has 0 aromatic heterocycles. The molecular formula is C17H16FNO3. The van der Waals surface area contributed by atoms with Gasteiger partial charge in [0.25, 0.3) is 0 Å². The lowest BCUT2D eigenvalue weighted by Gasteiger charge is -2.25. The molecule has 0 aliphatic carbocycles. The minimum atomic E-state index is -0.668. The molecular weight excluding hydrogens is 285 g/mol. The van der Waals surface area contributed by atoms with Crippen molar-refractivity contribution in [1.29, 1.82) is 0 Å². The monoisotopic (exact) mass is 301 g/mol. The quantitative estimate of drug-likeness (QED) is 0.856. The molecule has 1 aliphatic rings. The first kappa shape index (κ1) is 14.5. The van der Waals surface area contributed by atoms with Crippen molar-refractivity contribution in [3.8, 4) is 5.75 Å². The normalized spacial score (nSPS) is 16.9. The van der Waals surface area contributed by atoms with Crippen LogP contribution in [0.1, 0.15) is 23.7 Å². The minimum absolute atomic E-state index is 0.0742. The van der Waals surface area contributed by atoms with Gasteiger partial charge in [-0.05, 0) is 29.7 Å². The van der Waals surface area contributed by atoms with E-state index >= 15 is 0 Å². The number of phenolic OH excluding ortho intramolecular Hbond substituents is 1. The van der Waals surface area contributed by atoms with E-state index in [1.807, 2.05) is 24.3 Å². The van der Waals surface area contributed by atoms with Gasteiger partial charge < -0.3 is 15.2 Å². The maximum atomic E-state index is 13.6. The first-order valence-corrected chi connectivity index (χ1v) is 7.12. The highest BCUT2D eigenvalue weighted by Crippen LogP contribution is 2.31. The van der Waals surface area contributed by atoms with Gasteiger partial charge in [-0.3, -0.25) is 4.79 Å². The molecule has 114 valence electrons. The predicted molar refractivity (Wildman–Crippen MR) is 80.2 cm³/mol. The molecule has 0 bridgehead atoms. The zero-order valence-corrected chi connectivity index (χ0v) is 11.9. The summed E-state index contributed by atoms with van der Waals surface area (Å²) in [4.78, 5) is 12.1. The van der Waals surface area contributed by atoms with E-state index in [0.29, 0.717) is 6.61 Å². The van der Waals surface area contributed by atoms with Crippen molar-refractivity contribution in [3.05, 3.63) is 59.4 Å². The molecule has 1 aliphatic heterocycles. The molecule has 2 aromatic rings. The Bertz CT molecular complexity index is 682. The topological polar surface area (TPSA) is 58.6 Å². The fraction of sp³-hybridized carbons (Fsp3) is 0.235. The average Bonchev–Trinajstić information content (AvgIpc) is 2.51. The van der Waals surface area contributed by atoms with Crippen molar-refractivity contribution >= 4 is 11.6 Å². The number of nitrogens with one attached hydrogen (secondary N) is 1. The van der Waals surface area contributed by atoms with Crippen molar-refractivity contribution < 1.29 is 19.0 Å². The Morgan fingerprint density at radius 3 is 2.91 bits per heavy atom. The summed E-state index contributed by atoms with van der Waals surface area (Å²) in [5.41, 5.74) is 1.96. The molecule has 0 saturated heterocycles. The summed E-state index contributed by atoms with van der Waals surface area (Å²) in [7, 11) is 0. The third kappa shape index (κ3) is 2.94. The highest BCUT2D eigenvalue weighted by molar-refractivity contribution is 5.92. The molecule has 0 fully saturated rings. The minimum Gasteiger partial charge on any atom is -0.506 e. The largest absolute Gasteiger partial charge is 0.506 e. The lowest BCUT2D eigenvalue weighted by atomic mass is 9.95. The van der Waals surface area contributed by atoms with Crippen molar-refractivity contribution in [2.24, 2.45) is 0 Å². The van der Waals surface area contributed by atoms with Crippen LogP contribution in [0.25, 0.3) is 0 Å². The van der Waals surface area contributed by atoms with Crippen LogP contribution in [0.15, 0.2) is 42.5 Å². The first-order valence-electron chi connectivity index (χ1n) is 7.12. The molecule has 4 nitrogen and oxygen atoms in total. The number of fused-ring (bicyclic) bond motifs is 1. The Morgan fingerprint density at radius 1 is 1.27 bits per heavy atom. The van der Waals surface area contributed by atoms with E-state index in [-0.39, 0.29) is 24.0 Å². The highest BCUT2D eigenvalue weighted by atomic mass is 19.1. The van der Waals surface area contributed by atoms with Crippen LogP contribution in [0, 0.1) is 5.82 Å². The number of rotatable bonds is 3. The van der Waals surface area contributed by atoms with Gasteiger partial charge in [0.2, 0.25) is 5.91 Å². The number of benzene rings is 2. The summed E-state index contributed by atoms with van der Waals surface area (Å²) in [5, 5.41) is 12.0. The van der Waals surface area contributed by atoms with Gasteiger partial charge in [0.1, 0.15) is 11.4 Å². The van der Waals surface area contributed by atoms with Gasteiger partial charge in [0, 0.05) is 0 Å². The van der Waals surface area contributed by atoms with Crippen molar-refractivity contribution in [1.82, 2.24) is 0 Å². The number of para-hydroxylation sites is 1. The van der Waals surface area contributed by atoms with Crippen LogP contribution >= 0.6 is 0 Å². The van der Waals surface area contributed by atoms with E-state index in [4.69, 9.17) is 4.74 Å². The molecule has 2 aromatic carbocycles. The molecule has 0 unspecified atom stereocenters. The summed E-state index contributed by atoms with van der Waals surface area (Å²) in [5.74, 6) is -1.36. The summed E-state index contributed by atoms with van der Waals surface area (Å²) in [6.07, 6.45) is 0.548. The number of phenols is 1. The van der Waals surface area contributed by atoms with E-state index < -0.39 is 11.7 Å². The molecule has 1 heterocycles. The summed E-state index contributed by atoms with van der Waals surface area (Å²) in [6, 6.07) is 11.7. The standard InChI is InChI=1S/C17H16FNO3/c18-13-6-3-7-14(20)17(13)19-16(21)10-15-12-5-2-1-4-11(12)8-9-22-15/h1-7,15,20H,8-10H2,(H,19,21)/t15-/m1/s1. The number of ether oxygens (including phenoxy) is 1. The van der Waals surface area contributed by atoms with Gasteiger partial charge in [0.05, 0.1) is 19.1 Å². The van der Waals surface area contributed by atoms with Crippen molar-refractivity contribution in [3.63, 3.8) is 0 Å². The van der Waals surface area contributed by atoms with E-state index in [9.17, 15) is 14.3 Å². The van der Waals surface area contributed by atoms with E-state index in [1.54, 1.807) is 0 Å². The van der Waals surface area contributed by atoms with Gasteiger partial charge >= 0.3 is 0 Å². The molecule has 0 saturated carbocycles. The van der Waals surface area contributed by atoms with Gasteiger partial charge in [-0.1, -0.05) is 30.3 Å². The second kappa shape index (κ2) is 6.15. The second-order valence-corrected chi connectivity index (χ2v) is 5.19. The van der Waals surface area contributed by atoms with Crippen molar-refractivity contribution in [2.75, 3.05) is 11.9 Å². The number of carbonyl (C=O) groups is 1. The number of halogens is 1.